The van der Waals surface area contributed by atoms with Crippen molar-refractivity contribution in [1.82, 2.24) is 10.2 Å². The molecule has 7 heteroatoms. The molecule has 3 rings (SSSR count). The summed E-state index contributed by atoms with van der Waals surface area (Å²) in [6, 6.07) is 11.3. The van der Waals surface area contributed by atoms with Crippen molar-refractivity contribution in [2.45, 2.75) is 11.8 Å². The number of nitrogens with one attached hydrogen (secondary N) is 2. The molecule has 0 aliphatic heterocycles. The lowest BCUT2D eigenvalue weighted by molar-refractivity contribution is 0.103. The summed E-state index contributed by atoms with van der Waals surface area (Å²) in [6.07, 6.45) is 3.08. The van der Waals surface area contributed by atoms with Gasteiger partial charge < -0.3 is 15.9 Å². The van der Waals surface area contributed by atoms with E-state index in [0.29, 0.717) is 5.56 Å². The normalized spacial score (nSPS) is 10.5. The van der Waals surface area contributed by atoms with Crippen LogP contribution in [0.5, 0.6) is 0 Å². The van der Waals surface area contributed by atoms with Gasteiger partial charge in [-0.2, -0.15) is 0 Å². The molecule has 4 N–H and O–H groups in total. The number of nitrogens with two attached hydrogens (primary N) is 1. The second kappa shape index (κ2) is 7.67. The monoisotopic (exact) mass is 385 g/mol. The lowest BCUT2D eigenvalue weighted by Crippen LogP contribution is -2.11. The van der Waals surface area contributed by atoms with Crippen LogP contribution in [0.1, 0.15) is 21.5 Å². The summed E-state index contributed by atoms with van der Waals surface area (Å²) in [5.41, 5.74) is 6.84. The number of ketones is 1. The van der Waals surface area contributed by atoms with E-state index in [4.69, 9.17) is 5.73 Å². The standard InChI is InChI=1S/C20H17F2N3OS/c1-11-8-13(12-2-4-14(27)5-3-12)9-24-25-10-15(11)20(26)18-16(21)6-7-17(23)19(18)22/h2-10,24-25,27H,23H2,1H3. The van der Waals surface area contributed by atoms with Gasteiger partial charge in [0.25, 0.3) is 0 Å². The van der Waals surface area contributed by atoms with Gasteiger partial charge in [-0.25, -0.2) is 8.78 Å². The number of carbonyl (C=O) groups is 1. The molecule has 0 saturated carbocycles. The van der Waals surface area contributed by atoms with Crippen molar-refractivity contribution in [3.8, 4) is 11.1 Å². The van der Waals surface area contributed by atoms with Crippen LogP contribution in [-0.2, 0) is 0 Å². The number of rotatable bonds is 3. The highest BCUT2D eigenvalue weighted by Gasteiger charge is 2.22. The number of aromatic nitrogens is 2. The molecule has 1 heterocycles. The lowest BCUT2D eigenvalue weighted by Gasteiger charge is -2.09. The van der Waals surface area contributed by atoms with Crippen molar-refractivity contribution >= 4 is 24.1 Å². The first-order chi connectivity index (χ1) is 12.9. The maximum absolute atomic E-state index is 14.3. The van der Waals surface area contributed by atoms with Crippen LogP contribution in [0.25, 0.3) is 11.1 Å². The number of nitrogen functional groups attached to an aromatic ring is 1. The minimum atomic E-state index is -1.07. The number of carbonyl (C=O) groups excluding carboxylic acids is 1. The average molecular weight is 385 g/mol. The minimum absolute atomic E-state index is 0.113. The fourth-order valence-corrected chi connectivity index (χ4v) is 2.83. The van der Waals surface area contributed by atoms with Gasteiger partial charge >= 0.3 is 0 Å². The number of benzene rings is 2. The van der Waals surface area contributed by atoms with Gasteiger partial charge in [0.2, 0.25) is 5.78 Å². The largest absolute Gasteiger partial charge is 0.396 e. The van der Waals surface area contributed by atoms with Gasteiger partial charge in [-0.15, -0.1) is 12.6 Å². The topological polar surface area (TPSA) is 74.7 Å². The van der Waals surface area contributed by atoms with E-state index in [2.05, 4.69) is 22.8 Å². The summed E-state index contributed by atoms with van der Waals surface area (Å²) in [7, 11) is 0. The second-order valence-corrected chi connectivity index (χ2v) is 6.49. The summed E-state index contributed by atoms with van der Waals surface area (Å²) in [4.78, 5) is 13.6. The molecule has 0 atom stereocenters. The van der Waals surface area contributed by atoms with Gasteiger partial charge in [0.1, 0.15) is 5.82 Å². The number of halogens is 2. The first kappa shape index (κ1) is 18.7. The van der Waals surface area contributed by atoms with Crippen molar-refractivity contribution in [2.24, 2.45) is 0 Å². The van der Waals surface area contributed by atoms with Gasteiger partial charge in [-0.3, -0.25) is 4.79 Å². The van der Waals surface area contributed by atoms with Crippen molar-refractivity contribution in [3.63, 3.8) is 0 Å². The number of aryl methyl sites for hydroxylation is 1. The summed E-state index contributed by atoms with van der Waals surface area (Å²) in [5.74, 6) is -2.83. The molecule has 0 fully saturated rings. The van der Waals surface area contributed by atoms with Gasteiger partial charge in [0.05, 0.1) is 11.3 Å². The Hall–Kier alpha value is -3.06. The Labute approximate surface area is 160 Å². The zero-order valence-corrected chi connectivity index (χ0v) is 15.3. The van der Waals surface area contributed by atoms with E-state index in [1.165, 1.54) is 6.20 Å². The number of hydrogen-bond acceptors (Lipinski definition) is 3. The molecular weight excluding hydrogens is 368 g/mol. The van der Waals surface area contributed by atoms with Gasteiger partial charge in [0.15, 0.2) is 5.82 Å². The number of H-pyrrole nitrogens is 2. The van der Waals surface area contributed by atoms with Crippen LogP contribution in [0.2, 0.25) is 0 Å². The fourth-order valence-electron chi connectivity index (χ4n) is 2.68. The van der Waals surface area contributed by atoms with Gasteiger partial charge in [-0.05, 0) is 53.9 Å². The summed E-state index contributed by atoms with van der Waals surface area (Å²) in [5, 5.41) is 5.57. The molecule has 0 unspecified atom stereocenters. The molecule has 4 nitrogen and oxygen atoms in total. The third-order valence-corrected chi connectivity index (χ3v) is 4.42. The first-order valence-corrected chi connectivity index (χ1v) is 8.51. The van der Waals surface area contributed by atoms with Crippen LogP contribution in [0.15, 0.2) is 59.8 Å². The Morgan fingerprint density at radius 1 is 1.00 bits per heavy atom. The molecule has 27 heavy (non-hydrogen) atoms. The Morgan fingerprint density at radius 3 is 2.37 bits per heavy atom. The molecule has 0 bridgehead atoms. The van der Waals surface area contributed by atoms with Crippen LogP contribution in [0.4, 0.5) is 14.5 Å². The van der Waals surface area contributed by atoms with Crippen molar-refractivity contribution < 1.29 is 13.6 Å². The molecule has 2 aromatic carbocycles. The van der Waals surface area contributed by atoms with E-state index in [1.54, 1.807) is 19.2 Å². The summed E-state index contributed by atoms with van der Waals surface area (Å²) >= 11 is 4.26. The molecule has 0 radical (unpaired) electrons. The number of anilines is 1. The number of aromatic amines is 2. The predicted molar refractivity (Wildman–Crippen MR) is 104 cm³/mol. The maximum Gasteiger partial charge on any atom is 0.200 e. The highest BCUT2D eigenvalue weighted by Crippen LogP contribution is 2.24. The second-order valence-electron chi connectivity index (χ2n) is 5.98. The number of thiol groups is 1. The smallest absolute Gasteiger partial charge is 0.200 e. The highest BCUT2D eigenvalue weighted by atomic mass is 32.1. The highest BCUT2D eigenvalue weighted by molar-refractivity contribution is 7.80. The zero-order chi connectivity index (χ0) is 19.6. The van der Waals surface area contributed by atoms with Gasteiger partial charge in [0, 0.05) is 22.9 Å². The van der Waals surface area contributed by atoms with Crippen LogP contribution in [0.3, 0.4) is 0 Å². The van der Waals surface area contributed by atoms with E-state index >= 15 is 0 Å². The fraction of sp³-hybridized carbons (Fsp3) is 0.0500. The number of hydrogen-bond donors (Lipinski definition) is 4. The van der Waals surface area contributed by atoms with E-state index in [9.17, 15) is 13.6 Å². The SMILES string of the molecule is Cc1cc(-c2ccc(S)cc2)c[nH][nH]cc1C(=O)c1c(F)ccc(N)c1F. The quantitative estimate of drug-likeness (QED) is 0.296. The van der Waals surface area contributed by atoms with Crippen LogP contribution in [-0.4, -0.2) is 16.0 Å². The molecule has 0 spiro atoms. The summed E-state index contributed by atoms with van der Waals surface area (Å²) < 4.78 is 28.4. The Kier molecular flexibility index (Phi) is 5.32. The molecule has 0 amide bonds. The molecule has 0 saturated heterocycles. The van der Waals surface area contributed by atoms with E-state index in [-0.39, 0.29) is 11.3 Å². The van der Waals surface area contributed by atoms with E-state index in [1.807, 2.05) is 24.3 Å². The lowest BCUT2D eigenvalue weighted by atomic mass is 9.98. The van der Waals surface area contributed by atoms with Gasteiger partial charge in [-0.1, -0.05) is 12.1 Å². The van der Waals surface area contributed by atoms with Crippen molar-refractivity contribution in [3.05, 3.63) is 83.2 Å². The maximum atomic E-state index is 14.3. The average Bonchev–Trinajstić information content (AvgIpc) is 2.62. The molecule has 3 aromatic rings. The zero-order valence-electron chi connectivity index (χ0n) is 14.4. The third kappa shape index (κ3) is 3.88. The van der Waals surface area contributed by atoms with Crippen molar-refractivity contribution in [1.29, 1.82) is 0 Å². The van der Waals surface area contributed by atoms with Crippen LogP contribution in [0, 0.1) is 18.6 Å². The van der Waals surface area contributed by atoms with E-state index < -0.39 is 23.0 Å². The molecule has 138 valence electrons. The molecule has 1 aromatic heterocycles. The summed E-state index contributed by atoms with van der Waals surface area (Å²) in [6.45, 7) is 1.69. The predicted octanol–water partition coefficient (Wildman–Crippen LogP) is 4.82. The Bertz CT molecular complexity index is 1050. The Balaban J connectivity index is 2.14. The van der Waals surface area contributed by atoms with Crippen LogP contribution >= 0.6 is 12.6 Å². The first-order valence-electron chi connectivity index (χ1n) is 8.06. The van der Waals surface area contributed by atoms with Crippen molar-refractivity contribution in [2.75, 3.05) is 5.73 Å². The Morgan fingerprint density at radius 2 is 1.67 bits per heavy atom. The molecule has 0 aliphatic carbocycles. The molecule has 0 aliphatic rings. The van der Waals surface area contributed by atoms with E-state index in [0.717, 1.165) is 28.2 Å². The minimum Gasteiger partial charge on any atom is -0.396 e. The van der Waals surface area contributed by atoms with Crippen LogP contribution < -0.4 is 5.73 Å². The molecular formula is C20H17F2N3OS. The third-order valence-electron chi connectivity index (χ3n) is 4.12.